The van der Waals surface area contributed by atoms with Crippen LogP contribution in [0.25, 0.3) is 0 Å². The first kappa shape index (κ1) is 14.0. The van der Waals surface area contributed by atoms with Gasteiger partial charge < -0.3 is 0 Å². The molecule has 2 heterocycles. The zero-order valence-corrected chi connectivity index (χ0v) is 13.0. The first-order chi connectivity index (χ1) is 9.56. The van der Waals surface area contributed by atoms with Crippen molar-refractivity contribution < 1.29 is 9.00 Å². The zero-order valence-electron chi connectivity index (χ0n) is 12.2. The monoisotopic (exact) mass is 290 g/mol. The Bertz CT molecular complexity index is 534. The van der Waals surface area contributed by atoms with Crippen LogP contribution < -0.4 is 0 Å². The van der Waals surface area contributed by atoms with Gasteiger partial charge in [-0.1, -0.05) is 32.0 Å². The highest BCUT2D eigenvalue weighted by atomic mass is 32.2. The summed E-state index contributed by atoms with van der Waals surface area (Å²) < 4.78 is 12.0. The van der Waals surface area contributed by atoms with Crippen molar-refractivity contribution in [3.8, 4) is 0 Å². The maximum absolute atomic E-state index is 12.7. The third-order valence-electron chi connectivity index (χ3n) is 4.77. The number of carbonyl (C=O) groups is 1. The van der Waals surface area contributed by atoms with E-state index in [-0.39, 0.29) is 22.2 Å². The second kappa shape index (κ2) is 5.44. The Morgan fingerprint density at radius 2 is 1.85 bits per heavy atom. The van der Waals surface area contributed by atoms with Crippen molar-refractivity contribution in [3.05, 3.63) is 35.4 Å². The number of hydrogen-bond acceptors (Lipinski definition) is 2. The summed E-state index contributed by atoms with van der Waals surface area (Å²) in [4.78, 5) is 12.7. The molecule has 2 aliphatic heterocycles. The van der Waals surface area contributed by atoms with Crippen LogP contribution >= 0.6 is 0 Å². The number of Topliss-reactive ketones (excluding diaryl/α,β-unsaturated/α-hetero) is 1. The number of carbonyl (C=O) groups excluding carboxylic acids is 1. The molecule has 0 N–H and O–H groups in total. The maximum atomic E-state index is 12.7. The summed E-state index contributed by atoms with van der Waals surface area (Å²) in [5.74, 6) is 0.798. The van der Waals surface area contributed by atoms with E-state index in [0.717, 1.165) is 31.2 Å². The van der Waals surface area contributed by atoms with Crippen molar-refractivity contribution in [2.24, 2.45) is 5.92 Å². The van der Waals surface area contributed by atoms with Crippen molar-refractivity contribution >= 4 is 16.6 Å². The predicted molar refractivity (Wildman–Crippen MR) is 82.5 cm³/mol. The highest BCUT2D eigenvalue weighted by Crippen LogP contribution is 2.39. The summed E-state index contributed by atoms with van der Waals surface area (Å²) in [5.41, 5.74) is 2.06. The van der Waals surface area contributed by atoms with Gasteiger partial charge >= 0.3 is 0 Å². The molecule has 2 bridgehead atoms. The van der Waals surface area contributed by atoms with E-state index in [1.165, 1.54) is 5.56 Å². The van der Waals surface area contributed by atoms with Crippen molar-refractivity contribution in [1.29, 1.82) is 0 Å². The van der Waals surface area contributed by atoms with Crippen LogP contribution in [0.2, 0.25) is 0 Å². The second-order valence-electron chi connectivity index (χ2n) is 6.46. The van der Waals surface area contributed by atoms with Gasteiger partial charge in [-0.2, -0.15) is 0 Å². The number of rotatable bonds is 3. The van der Waals surface area contributed by atoms with Crippen LogP contribution in [-0.4, -0.2) is 20.5 Å². The lowest BCUT2D eigenvalue weighted by molar-refractivity contribution is 0.0906. The SMILES string of the molecule is CC(C)c1cccc(C(=O)C2CC3CCC(C2)S3=O)c1. The van der Waals surface area contributed by atoms with Crippen LogP contribution in [-0.2, 0) is 10.8 Å². The molecule has 2 unspecified atom stereocenters. The molecule has 0 amide bonds. The summed E-state index contributed by atoms with van der Waals surface area (Å²) in [6.45, 7) is 4.29. The van der Waals surface area contributed by atoms with Gasteiger partial charge in [0.25, 0.3) is 0 Å². The number of fused-ring (bicyclic) bond motifs is 2. The Kier molecular flexibility index (Phi) is 3.80. The van der Waals surface area contributed by atoms with Gasteiger partial charge in [0.05, 0.1) is 0 Å². The Balaban J connectivity index is 1.80. The van der Waals surface area contributed by atoms with Gasteiger partial charge in [-0.3, -0.25) is 9.00 Å². The maximum Gasteiger partial charge on any atom is 0.166 e. The average Bonchev–Trinajstić information content (AvgIpc) is 2.68. The minimum Gasteiger partial charge on any atom is -0.294 e. The third kappa shape index (κ3) is 2.48. The van der Waals surface area contributed by atoms with E-state index in [4.69, 9.17) is 0 Å². The lowest BCUT2D eigenvalue weighted by Crippen LogP contribution is -2.32. The topological polar surface area (TPSA) is 34.1 Å². The van der Waals surface area contributed by atoms with E-state index in [1.807, 2.05) is 18.2 Å². The molecule has 20 heavy (non-hydrogen) atoms. The van der Waals surface area contributed by atoms with Crippen LogP contribution in [0.4, 0.5) is 0 Å². The predicted octanol–water partition coefficient (Wildman–Crippen LogP) is 3.68. The molecular weight excluding hydrogens is 268 g/mol. The lowest BCUT2D eigenvalue weighted by atomic mass is 9.89. The molecule has 108 valence electrons. The molecule has 2 atom stereocenters. The molecule has 1 aromatic rings. The lowest BCUT2D eigenvalue weighted by Gasteiger charge is -2.26. The standard InChI is InChI=1S/C17H22O2S/c1-11(2)12-4-3-5-13(8-12)17(18)14-9-15-6-7-16(10-14)20(15)19/h3-5,8,11,14-16H,6-7,9-10H2,1-2H3. The molecule has 2 fully saturated rings. The minimum absolute atomic E-state index is 0.0904. The summed E-state index contributed by atoms with van der Waals surface area (Å²) in [7, 11) is -0.676. The fourth-order valence-electron chi connectivity index (χ4n) is 3.53. The zero-order chi connectivity index (χ0) is 14.3. The normalized spacial score (nSPS) is 32.5. The number of benzene rings is 1. The quantitative estimate of drug-likeness (QED) is 0.796. The molecule has 0 aromatic heterocycles. The molecule has 2 nitrogen and oxygen atoms in total. The van der Waals surface area contributed by atoms with Crippen LogP contribution in [0.1, 0.15) is 61.4 Å². The fourth-order valence-corrected chi connectivity index (χ4v) is 5.66. The van der Waals surface area contributed by atoms with Crippen LogP contribution in [0.3, 0.4) is 0 Å². The van der Waals surface area contributed by atoms with Gasteiger partial charge in [-0.15, -0.1) is 0 Å². The third-order valence-corrected chi connectivity index (χ3v) is 6.94. The van der Waals surface area contributed by atoms with Crippen molar-refractivity contribution in [3.63, 3.8) is 0 Å². The number of hydrogen-bond donors (Lipinski definition) is 0. The Morgan fingerprint density at radius 3 is 2.45 bits per heavy atom. The molecule has 0 radical (unpaired) electrons. The van der Waals surface area contributed by atoms with Gasteiger partial charge in [0.15, 0.2) is 5.78 Å². The van der Waals surface area contributed by atoms with Gasteiger partial charge in [0.1, 0.15) is 0 Å². The molecule has 2 aliphatic rings. The van der Waals surface area contributed by atoms with E-state index in [0.29, 0.717) is 5.92 Å². The molecule has 0 aliphatic carbocycles. The average molecular weight is 290 g/mol. The minimum atomic E-state index is -0.676. The van der Waals surface area contributed by atoms with Crippen LogP contribution in [0.5, 0.6) is 0 Å². The summed E-state index contributed by atoms with van der Waals surface area (Å²) in [6, 6.07) is 8.04. The summed E-state index contributed by atoms with van der Waals surface area (Å²) >= 11 is 0. The molecule has 3 rings (SSSR count). The van der Waals surface area contributed by atoms with Crippen molar-refractivity contribution in [1.82, 2.24) is 0 Å². The Morgan fingerprint density at radius 1 is 1.20 bits per heavy atom. The van der Waals surface area contributed by atoms with E-state index < -0.39 is 10.8 Å². The highest BCUT2D eigenvalue weighted by molar-refractivity contribution is 7.86. The van der Waals surface area contributed by atoms with Gasteiger partial charge in [0.2, 0.25) is 0 Å². The highest BCUT2D eigenvalue weighted by Gasteiger charge is 2.42. The second-order valence-corrected chi connectivity index (χ2v) is 8.45. The van der Waals surface area contributed by atoms with E-state index in [2.05, 4.69) is 19.9 Å². The largest absolute Gasteiger partial charge is 0.294 e. The molecule has 2 saturated heterocycles. The molecule has 3 heteroatoms. The van der Waals surface area contributed by atoms with Crippen LogP contribution in [0.15, 0.2) is 24.3 Å². The van der Waals surface area contributed by atoms with E-state index in [9.17, 15) is 9.00 Å². The summed E-state index contributed by atoms with van der Waals surface area (Å²) in [5, 5.41) is 0.548. The smallest absolute Gasteiger partial charge is 0.166 e. The fraction of sp³-hybridized carbons (Fsp3) is 0.588. The van der Waals surface area contributed by atoms with E-state index in [1.54, 1.807) is 0 Å². The van der Waals surface area contributed by atoms with Gasteiger partial charge in [-0.05, 0) is 43.2 Å². The molecule has 0 spiro atoms. The number of ketones is 1. The summed E-state index contributed by atoms with van der Waals surface area (Å²) in [6.07, 6.45) is 3.75. The van der Waals surface area contributed by atoms with Crippen molar-refractivity contribution in [2.45, 2.75) is 55.9 Å². The molecular formula is C17H22O2S. The van der Waals surface area contributed by atoms with Gasteiger partial charge in [0, 0.05) is 32.8 Å². The first-order valence-electron chi connectivity index (χ1n) is 7.60. The van der Waals surface area contributed by atoms with Crippen molar-refractivity contribution in [2.75, 3.05) is 0 Å². The Labute approximate surface area is 123 Å². The van der Waals surface area contributed by atoms with E-state index >= 15 is 0 Å². The molecule has 0 saturated carbocycles. The van der Waals surface area contributed by atoms with Crippen LogP contribution in [0, 0.1) is 5.92 Å². The van der Waals surface area contributed by atoms with Gasteiger partial charge in [-0.25, -0.2) is 0 Å². The molecule has 1 aromatic carbocycles. The Hall–Kier alpha value is -0.960. The first-order valence-corrected chi connectivity index (χ1v) is 8.87.